The van der Waals surface area contributed by atoms with Crippen LogP contribution in [0.5, 0.6) is 0 Å². The maximum Gasteiger partial charge on any atom is 0.335 e. The van der Waals surface area contributed by atoms with E-state index < -0.39 is 5.97 Å². The second-order valence-corrected chi connectivity index (χ2v) is 9.98. The number of hydrogen-bond acceptors (Lipinski definition) is 3. The first-order valence-corrected chi connectivity index (χ1v) is 12.3. The maximum absolute atomic E-state index is 13.5. The first-order valence-electron chi connectivity index (χ1n) is 12.3. The Hall–Kier alpha value is -3.12. The van der Waals surface area contributed by atoms with Gasteiger partial charge in [-0.25, -0.2) is 4.79 Å². The quantitative estimate of drug-likeness (QED) is 0.574. The van der Waals surface area contributed by atoms with Crippen molar-refractivity contribution in [2.75, 3.05) is 27.2 Å². The normalized spacial score (nSPS) is 18.9. The highest BCUT2D eigenvalue weighted by Gasteiger charge is 2.31. The Labute approximate surface area is 200 Å². The predicted octanol–water partition coefficient (Wildman–Crippen LogP) is 4.83. The van der Waals surface area contributed by atoms with Crippen LogP contribution in [0.25, 0.3) is 22.2 Å². The summed E-state index contributed by atoms with van der Waals surface area (Å²) in [6.07, 6.45) is 5.65. The number of carbonyl (C=O) groups excluding carboxylic acids is 1. The highest BCUT2D eigenvalue weighted by Crippen LogP contribution is 2.45. The van der Waals surface area contributed by atoms with E-state index in [1.807, 2.05) is 29.2 Å². The molecule has 0 bridgehead atoms. The zero-order chi connectivity index (χ0) is 23.8. The number of amides is 1. The van der Waals surface area contributed by atoms with E-state index >= 15 is 0 Å². The molecule has 2 aliphatic rings. The summed E-state index contributed by atoms with van der Waals surface area (Å²) in [5.74, 6) is -0.426. The van der Waals surface area contributed by atoms with E-state index in [1.165, 1.54) is 18.4 Å². The monoisotopic (exact) mass is 459 g/mol. The summed E-state index contributed by atoms with van der Waals surface area (Å²) in [5, 5.41) is 10.8. The molecule has 0 radical (unpaired) electrons. The van der Waals surface area contributed by atoms with Crippen molar-refractivity contribution < 1.29 is 14.7 Å². The van der Waals surface area contributed by atoms with Crippen molar-refractivity contribution in [3.63, 3.8) is 0 Å². The minimum atomic E-state index is -0.946. The van der Waals surface area contributed by atoms with Gasteiger partial charge in [-0.3, -0.25) is 4.79 Å². The maximum atomic E-state index is 13.5. The molecule has 5 rings (SSSR count). The van der Waals surface area contributed by atoms with Gasteiger partial charge in [0.2, 0.25) is 5.91 Å². The number of likely N-dealkylation sites (N-methyl/N-ethyl adjacent to an activating group) is 1. The number of carboxylic acid groups (broad SMARTS) is 1. The molecule has 0 spiro atoms. The first kappa shape index (κ1) is 22.7. The van der Waals surface area contributed by atoms with Gasteiger partial charge in [0.15, 0.2) is 0 Å². The van der Waals surface area contributed by atoms with Crippen molar-refractivity contribution in [2.24, 2.45) is 0 Å². The Morgan fingerprint density at radius 1 is 1.03 bits per heavy atom. The third kappa shape index (κ3) is 4.11. The SMILES string of the molecule is CN(C)C1CCN(C(=O)Cn2c(-c3ccccc3)c(C3CCCC3)c3ccc(C(=O)O)cc32)C1. The summed E-state index contributed by atoms with van der Waals surface area (Å²) in [5.41, 5.74) is 4.53. The van der Waals surface area contributed by atoms with Crippen LogP contribution in [0.1, 0.15) is 53.9 Å². The number of benzene rings is 2. The number of fused-ring (bicyclic) bond motifs is 1. The summed E-state index contributed by atoms with van der Waals surface area (Å²) in [6.45, 7) is 1.72. The lowest BCUT2D eigenvalue weighted by Crippen LogP contribution is -2.36. The molecule has 2 fully saturated rings. The molecule has 1 aliphatic carbocycles. The summed E-state index contributed by atoms with van der Waals surface area (Å²) in [7, 11) is 4.12. The number of carbonyl (C=O) groups is 2. The molecule has 178 valence electrons. The van der Waals surface area contributed by atoms with Gasteiger partial charge in [-0.2, -0.15) is 0 Å². The second kappa shape index (κ2) is 9.26. The molecule has 1 atom stereocenters. The smallest absolute Gasteiger partial charge is 0.335 e. The van der Waals surface area contributed by atoms with Gasteiger partial charge in [0.05, 0.1) is 16.8 Å². The number of aromatic carboxylic acids is 1. The largest absolute Gasteiger partial charge is 0.478 e. The summed E-state index contributed by atoms with van der Waals surface area (Å²) in [6, 6.07) is 16.1. The molecular weight excluding hydrogens is 426 g/mol. The molecule has 1 saturated carbocycles. The van der Waals surface area contributed by atoms with E-state index in [4.69, 9.17) is 0 Å². The van der Waals surface area contributed by atoms with Crippen LogP contribution in [0.3, 0.4) is 0 Å². The topological polar surface area (TPSA) is 65.8 Å². The molecular formula is C28H33N3O3. The average molecular weight is 460 g/mol. The third-order valence-corrected chi connectivity index (χ3v) is 7.70. The van der Waals surface area contributed by atoms with Crippen LogP contribution in [-0.4, -0.2) is 64.6 Å². The zero-order valence-electron chi connectivity index (χ0n) is 20.0. The minimum absolute atomic E-state index is 0.0946. The number of aromatic nitrogens is 1. The van der Waals surface area contributed by atoms with Gasteiger partial charge in [0.25, 0.3) is 0 Å². The fraction of sp³-hybridized carbons (Fsp3) is 0.429. The van der Waals surface area contributed by atoms with Crippen LogP contribution in [0, 0.1) is 0 Å². The number of hydrogen-bond donors (Lipinski definition) is 1. The van der Waals surface area contributed by atoms with E-state index in [-0.39, 0.29) is 18.0 Å². The summed E-state index contributed by atoms with van der Waals surface area (Å²) >= 11 is 0. The molecule has 1 saturated heterocycles. The van der Waals surface area contributed by atoms with Crippen molar-refractivity contribution in [1.29, 1.82) is 0 Å². The van der Waals surface area contributed by atoms with Crippen LogP contribution < -0.4 is 0 Å². The molecule has 3 aromatic rings. The minimum Gasteiger partial charge on any atom is -0.478 e. The van der Waals surface area contributed by atoms with E-state index in [0.717, 1.165) is 54.5 Å². The Morgan fingerprint density at radius 3 is 2.41 bits per heavy atom. The second-order valence-electron chi connectivity index (χ2n) is 9.98. The molecule has 6 nitrogen and oxygen atoms in total. The first-order chi connectivity index (χ1) is 16.4. The van der Waals surface area contributed by atoms with E-state index in [9.17, 15) is 14.7 Å². The van der Waals surface area contributed by atoms with Gasteiger partial charge in [-0.05, 0) is 62.5 Å². The molecule has 1 unspecified atom stereocenters. The van der Waals surface area contributed by atoms with Gasteiger partial charge in [-0.15, -0.1) is 0 Å². The lowest BCUT2D eigenvalue weighted by Gasteiger charge is -2.22. The van der Waals surface area contributed by atoms with Gasteiger partial charge < -0.3 is 19.5 Å². The van der Waals surface area contributed by atoms with Gasteiger partial charge in [0, 0.05) is 24.5 Å². The van der Waals surface area contributed by atoms with Crippen molar-refractivity contribution in [1.82, 2.24) is 14.4 Å². The highest BCUT2D eigenvalue weighted by molar-refractivity contribution is 5.99. The van der Waals surface area contributed by atoms with E-state index in [2.05, 4.69) is 35.7 Å². The fourth-order valence-corrected chi connectivity index (χ4v) is 5.83. The Morgan fingerprint density at radius 2 is 1.76 bits per heavy atom. The van der Waals surface area contributed by atoms with Crippen LogP contribution in [0.15, 0.2) is 48.5 Å². The molecule has 34 heavy (non-hydrogen) atoms. The Kier molecular flexibility index (Phi) is 6.17. The van der Waals surface area contributed by atoms with Crippen LogP contribution in [0.4, 0.5) is 0 Å². The van der Waals surface area contributed by atoms with Crippen molar-refractivity contribution >= 4 is 22.8 Å². The van der Waals surface area contributed by atoms with Crippen LogP contribution in [-0.2, 0) is 11.3 Å². The number of rotatable bonds is 6. The zero-order valence-corrected chi connectivity index (χ0v) is 20.0. The predicted molar refractivity (Wildman–Crippen MR) is 134 cm³/mol. The third-order valence-electron chi connectivity index (χ3n) is 7.70. The highest BCUT2D eigenvalue weighted by atomic mass is 16.4. The van der Waals surface area contributed by atoms with Crippen LogP contribution >= 0.6 is 0 Å². The van der Waals surface area contributed by atoms with Crippen LogP contribution in [0.2, 0.25) is 0 Å². The fourth-order valence-electron chi connectivity index (χ4n) is 5.83. The van der Waals surface area contributed by atoms with Crippen molar-refractivity contribution in [3.8, 4) is 11.3 Å². The Balaban J connectivity index is 1.66. The molecule has 1 N–H and O–H groups in total. The molecule has 1 amide bonds. The van der Waals surface area contributed by atoms with Gasteiger partial charge in [-0.1, -0.05) is 49.2 Å². The molecule has 1 aromatic heterocycles. The lowest BCUT2D eigenvalue weighted by molar-refractivity contribution is -0.130. The number of nitrogens with zero attached hydrogens (tertiary/aromatic N) is 3. The summed E-state index contributed by atoms with van der Waals surface area (Å²) in [4.78, 5) is 29.5. The molecule has 2 heterocycles. The van der Waals surface area contributed by atoms with Crippen molar-refractivity contribution in [2.45, 2.75) is 50.6 Å². The molecule has 2 aromatic carbocycles. The van der Waals surface area contributed by atoms with Crippen molar-refractivity contribution in [3.05, 3.63) is 59.7 Å². The Bertz CT molecular complexity index is 1210. The van der Waals surface area contributed by atoms with E-state index in [1.54, 1.807) is 12.1 Å². The van der Waals surface area contributed by atoms with E-state index in [0.29, 0.717) is 12.0 Å². The number of likely N-dealkylation sites (tertiary alicyclic amines) is 1. The standard InChI is InChI=1S/C28H33N3O3/c1-29(2)22-14-15-30(17-22)25(32)18-31-24-16-21(28(33)34)12-13-23(24)26(19-8-6-7-9-19)27(31)20-10-4-3-5-11-20/h3-5,10-13,16,19,22H,6-9,14-15,17-18H2,1-2H3,(H,33,34). The number of carboxylic acids is 1. The average Bonchev–Trinajstić information content (AvgIpc) is 3.58. The van der Waals surface area contributed by atoms with Gasteiger partial charge >= 0.3 is 5.97 Å². The molecule has 1 aliphatic heterocycles. The molecule has 6 heteroatoms. The lowest BCUT2D eigenvalue weighted by atomic mass is 9.92. The van der Waals surface area contributed by atoms with Gasteiger partial charge in [0.1, 0.15) is 6.54 Å². The summed E-state index contributed by atoms with van der Waals surface area (Å²) < 4.78 is 2.09.